The summed E-state index contributed by atoms with van der Waals surface area (Å²) in [6.07, 6.45) is 3.86. The summed E-state index contributed by atoms with van der Waals surface area (Å²) in [5.74, 6) is 0.280. The van der Waals surface area contributed by atoms with E-state index in [2.05, 4.69) is 16.0 Å². The molecule has 1 atom stereocenters. The molecule has 1 aromatic carbocycles. The zero-order valence-corrected chi connectivity index (χ0v) is 12.2. The largest absolute Gasteiger partial charge is 0.326 e. The molecule has 0 spiro atoms. The van der Waals surface area contributed by atoms with Crippen molar-refractivity contribution < 1.29 is 9.59 Å². The average molecular weight is 287 g/mol. The van der Waals surface area contributed by atoms with Gasteiger partial charge in [-0.2, -0.15) is 0 Å². The highest BCUT2D eigenvalue weighted by Gasteiger charge is 2.35. The molecular weight excluding hydrogens is 266 g/mol. The Bertz CT molecular complexity index is 543. The third-order valence-electron chi connectivity index (χ3n) is 4.23. The van der Waals surface area contributed by atoms with Crippen molar-refractivity contribution in [1.29, 1.82) is 0 Å². The number of anilines is 2. The maximum absolute atomic E-state index is 12.3. The molecule has 3 rings (SSSR count). The van der Waals surface area contributed by atoms with E-state index in [-0.39, 0.29) is 17.7 Å². The molecule has 0 aromatic heterocycles. The van der Waals surface area contributed by atoms with Crippen molar-refractivity contribution in [3.63, 3.8) is 0 Å². The number of nitrogens with one attached hydrogen (secondary N) is 3. The number of amides is 2. The summed E-state index contributed by atoms with van der Waals surface area (Å²) >= 11 is 0. The van der Waals surface area contributed by atoms with E-state index in [0.29, 0.717) is 0 Å². The van der Waals surface area contributed by atoms with Crippen LogP contribution < -0.4 is 16.0 Å². The van der Waals surface area contributed by atoms with E-state index in [0.717, 1.165) is 43.6 Å². The molecule has 1 aliphatic carbocycles. The molecule has 1 heterocycles. The van der Waals surface area contributed by atoms with Gasteiger partial charge in [-0.05, 0) is 63.4 Å². The van der Waals surface area contributed by atoms with E-state index in [4.69, 9.17) is 0 Å². The number of rotatable bonds is 4. The van der Waals surface area contributed by atoms with Crippen LogP contribution in [0.4, 0.5) is 11.4 Å². The highest BCUT2D eigenvalue weighted by atomic mass is 16.2. The lowest BCUT2D eigenvalue weighted by Crippen LogP contribution is -2.47. The van der Waals surface area contributed by atoms with E-state index < -0.39 is 5.54 Å². The lowest BCUT2D eigenvalue weighted by molar-refractivity contribution is -0.121. The van der Waals surface area contributed by atoms with Crippen molar-refractivity contribution >= 4 is 23.2 Å². The summed E-state index contributed by atoms with van der Waals surface area (Å²) < 4.78 is 0. The van der Waals surface area contributed by atoms with E-state index in [1.54, 1.807) is 0 Å². The molecule has 1 unspecified atom stereocenters. The SMILES string of the molecule is CC1(C(=O)Nc2ccc(NC(=O)C3CC3)cc2)CCCN1. The van der Waals surface area contributed by atoms with Crippen LogP contribution in [0.3, 0.4) is 0 Å². The standard InChI is InChI=1S/C16H21N3O2/c1-16(9-2-10-17-16)15(21)19-13-7-5-12(6-8-13)18-14(20)11-3-4-11/h5-8,11,17H,2-4,9-10H2,1H3,(H,18,20)(H,19,21). The summed E-state index contributed by atoms with van der Waals surface area (Å²) in [7, 11) is 0. The molecule has 1 saturated heterocycles. The van der Waals surface area contributed by atoms with Gasteiger partial charge in [-0.1, -0.05) is 0 Å². The van der Waals surface area contributed by atoms with Gasteiger partial charge >= 0.3 is 0 Å². The summed E-state index contributed by atoms with van der Waals surface area (Å²) in [6.45, 7) is 2.82. The number of carbonyl (C=O) groups is 2. The Labute approximate surface area is 124 Å². The molecule has 21 heavy (non-hydrogen) atoms. The Kier molecular flexibility index (Phi) is 3.68. The van der Waals surface area contributed by atoms with Gasteiger partial charge in [0, 0.05) is 17.3 Å². The average Bonchev–Trinajstić information content (AvgIpc) is 3.23. The van der Waals surface area contributed by atoms with Crippen LogP contribution in [0.5, 0.6) is 0 Å². The Morgan fingerprint density at radius 1 is 1.14 bits per heavy atom. The number of hydrogen-bond donors (Lipinski definition) is 3. The normalized spacial score (nSPS) is 24.6. The van der Waals surface area contributed by atoms with Gasteiger partial charge in [0.05, 0.1) is 5.54 Å². The second-order valence-corrected chi connectivity index (χ2v) is 6.16. The molecule has 5 nitrogen and oxygen atoms in total. The first kappa shape index (κ1) is 14.1. The van der Waals surface area contributed by atoms with E-state index >= 15 is 0 Å². The highest BCUT2D eigenvalue weighted by molar-refractivity contribution is 5.98. The number of benzene rings is 1. The third kappa shape index (κ3) is 3.24. The predicted molar refractivity (Wildman–Crippen MR) is 82.1 cm³/mol. The van der Waals surface area contributed by atoms with E-state index in [1.165, 1.54) is 0 Å². The van der Waals surface area contributed by atoms with Crippen LogP contribution in [0.25, 0.3) is 0 Å². The van der Waals surface area contributed by atoms with Gasteiger partial charge in [0.1, 0.15) is 0 Å². The molecule has 5 heteroatoms. The van der Waals surface area contributed by atoms with Crippen LogP contribution >= 0.6 is 0 Å². The lowest BCUT2D eigenvalue weighted by Gasteiger charge is -2.23. The van der Waals surface area contributed by atoms with Gasteiger partial charge in [0.15, 0.2) is 0 Å². The molecule has 0 bridgehead atoms. The fourth-order valence-electron chi connectivity index (χ4n) is 2.58. The van der Waals surface area contributed by atoms with Crippen LogP contribution in [-0.4, -0.2) is 23.9 Å². The van der Waals surface area contributed by atoms with Crippen molar-refractivity contribution in [3.8, 4) is 0 Å². The van der Waals surface area contributed by atoms with Gasteiger partial charge < -0.3 is 16.0 Å². The quantitative estimate of drug-likeness (QED) is 0.794. The molecule has 2 aliphatic rings. The van der Waals surface area contributed by atoms with Gasteiger partial charge in [-0.25, -0.2) is 0 Å². The number of hydrogen-bond acceptors (Lipinski definition) is 3. The van der Waals surface area contributed by atoms with Crippen LogP contribution in [0.15, 0.2) is 24.3 Å². The zero-order chi connectivity index (χ0) is 14.9. The Hall–Kier alpha value is -1.88. The second-order valence-electron chi connectivity index (χ2n) is 6.16. The summed E-state index contributed by atoms with van der Waals surface area (Å²) in [5.41, 5.74) is 1.05. The van der Waals surface area contributed by atoms with Crippen molar-refractivity contribution in [3.05, 3.63) is 24.3 Å². The summed E-state index contributed by atoms with van der Waals surface area (Å²) in [5, 5.41) is 9.05. The lowest BCUT2D eigenvalue weighted by atomic mass is 9.99. The van der Waals surface area contributed by atoms with E-state index in [1.807, 2.05) is 31.2 Å². The molecule has 112 valence electrons. The minimum absolute atomic E-state index is 0.00485. The predicted octanol–water partition coefficient (Wildman–Crippen LogP) is 2.12. The maximum atomic E-state index is 12.3. The second kappa shape index (κ2) is 5.48. The Morgan fingerprint density at radius 3 is 2.29 bits per heavy atom. The third-order valence-corrected chi connectivity index (χ3v) is 4.23. The van der Waals surface area contributed by atoms with Crippen molar-refractivity contribution in [1.82, 2.24) is 5.32 Å². The molecule has 1 aliphatic heterocycles. The molecule has 2 amide bonds. The van der Waals surface area contributed by atoms with Crippen LogP contribution in [0.1, 0.15) is 32.6 Å². The smallest absolute Gasteiger partial charge is 0.244 e. The Morgan fingerprint density at radius 2 is 1.76 bits per heavy atom. The van der Waals surface area contributed by atoms with Gasteiger partial charge in [-0.15, -0.1) is 0 Å². The molecule has 1 aromatic rings. The summed E-state index contributed by atoms with van der Waals surface area (Å²) in [6, 6.07) is 7.28. The van der Waals surface area contributed by atoms with Gasteiger partial charge in [0.2, 0.25) is 11.8 Å². The molecule has 1 saturated carbocycles. The molecule has 3 N–H and O–H groups in total. The minimum atomic E-state index is -0.473. The first-order chi connectivity index (χ1) is 10.1. The highest BCUT2D eigenvalue weighted by Crippen LogP contribution is 2.30. The van der Waals surface area contributed by atoms with E-state index in [9.17, 15) is 9.59 Å². The van der Waals surface area contributed by atoms with Crippen molar-refractivity contribution in [2.24, 2.45) is 5.92 Å². The first-order valence-corrected chi connectivity index (χ1v) is 7.54. The molecular formula is C16H21N3O2. The first-order valence-electron chi connectivity index (χ1n) is 7.54. The van der Waals surface area contributed by atoms with Crippen molar-refractivity contribution in [2.45, 2.75) is 38.1 Å². The fraction of sp³-hybridized carbons (Fsp3) is 0.500. The van der Waals surface area contributed by atoms with Crippen molar-refractivity contribution in [2.75, 3.05) is 17.2 Å². The fourth-order valence-corrected chi connectivity index (χ4v) is 2.58. The molecule has 2 fully saturated rings. The summed E-state index contributed by atoms with van der Waals surface area (Å²) in [4.78, 5) is 23.9. The zero-order valence-electron chi connectivity index (χ0n) is 12.2. The monoisotopic (exact) mass is 287 g/mol. The Balaban J connectivity index is 1.58. The van der Waals surface area contributed by atoms with Crippen LogP contribution in [0.2, 0.25) is 0 Å². The van der Waals surface area contributed by atoms with Gasteiger partial charge in [0.25, 0.3) is 0 Å². The molecule has 0 radical (unpaired) electrons. The maximum Gasteiger partial charge on any atom is 0.244 e. The minimum Gasteiger partial charge on any atom is -0.326 e. The van der Waals surface area contributed by atoms with Gasteiger partial charge in [-0.3, -0.25) is 9.59 Å². The van der Waals surface area contributed by atoms with Crippen LogP contribution in [0, 0.1) is 5.92 Å². The van der Waals surface area contributed by atoms with Crippen LogP contribution in [-0.2, 0) is 9.59 Å². The number of carbonyl (C=O) groups excluding carboxylic acids is 2. The topological polar surface area (TPSA) is 70.2 Å².